The van der Waals surface area contributed by atoms with Crippen molar-refractivity contribution >= 4 is 0 Å². The van der Waals surface area contributed by atoms with Gasteiger partial charge in [0.25, 0.3) is 0 Å². The van der Waals surface area contributed by atoms with Crippen LogP contribution in [0.25, 0.3) is 0 Å². The van der Waals surface area contributed by atoms with E-state index in [1.54, 1.807) is 0 Å². The van der Waals surface area contributed by atoms with Crippen molar-refractivity contribution in [3.8, 4) is 0 Å². The maximum absolute atomic E-state index is 15.2. The molecule has 1 nitrogen and oxygen atoms in total. The van der Waals surface area contributed by atoms with Gasteiger partial charge in [0.1, 0.15) is 18.5 Å². The molecule has 4 saturated carbocycles. The lowest BCUT2D eigenvalue weighted by molar-refractivity contribution is -0.0489. The second-order valence-electron chi connectivity index (χ2n) is 11.4. The Hall–Kier alpha value is -0.250. The Morgan fingerprint density at radius 1 is 0.677 bits per heavy atom. The Kier molecular flexibility index (Phi) is 8.67. The van der Waals surface area contributed by atoms with Crippen molar-refractivity contribution in [1.82, 2.24) is 0 Å². The molecule has 0 aliphatic heterocycles. The van der Waals surface area contributed by atoms with Crippen LogP contribution in [0.2, 0.25) is 0 Å². The smallest absolute Gasteiger partial charge is 0.134 e. The average Bonchev–Trinajstić information content (AvgIpc) is 2.80. The highest BCUT2D eigenvalue weighted by Crippen LogP contribution is 2.47. The van der Waals surface area contributed by atoms with Gasteiger partial charge in [0.15, 0.2) is 0 Å². The standard InChI is InChI=1S/C27H45F3O/c1-2-19-12-13-22(16-25(19)28)31-17-18-8-10-21(11-9-18)24-15-14-23(26(29)27(24)30)20-6-4-3-5-7-20/h18-27H,2-17H2,1H3/t18?,19?,21?,22?,23?,24?,25?,26?,27-/m0/s1. The Bertz CT molecular complexity index is 529. The molecule has 0 amide bonds. The quantitative estimate of drug-likeness (QED) is 0.405. The second kappa shape index (κ2) is 11.3. The van der Waals surface area contributed by atoms with Crippen LogP contribution < -0.4 is 0 Å². The third kappa shape index (κ3) is 5.82. The van der Waals surface area contributed by atoms with Crippen LogP contribution in [0.3, 0.4) is 0 Å². The first-order valence-corrected chi connectivity index (χ1v) is 13.6. The van der Waals surface area contributed by atoms with Crippen molar-refractivity contribution in [2.24, 2.45) is 35.5 Å². The summed E-state index contributed by atoms with van der Waals surface area (Å²) in [7, 11) is 0. The summed E-state index contributed by atoms with van der Waals surface area (Å²) in [4.78, 5) is 0. The average molecular weight is 443 g/mol. The fraction of sp³-hybridized carbons (Fsp3) is 1.00. The highest BCUT2D eigenvalue weighted by molar-refractivity contribution is 4.95. The van der Waals surface area contributed by atoms with Crippen LogP contribution in [0.5, 0.6) is 0 Å². The van der Waals surface area contributed by atoms with Crippen LogP contribution in [-0.4, -0.2) is 31.2 Å². The van der Waals surface area contributed by atoms with Gasteiger partial charge < -0.3 is 4.74 Å². The molecule has 0 heterocycles. The van der Waals surface area contributed by atoms with E-state index in [0.29, 0.717) is 24.2 Å². The van der Waals surface area contributed by atoms with Gasteiger partial charge in [0.05, 0.1) is 6.10 Å². The molecule has 0 spiro atoms. The minimum Gasteiger partial charge on any atom is -0.378 e. The summed E-state index contributed by atoms with van der Waals surface area (Å²) in [5, 5.41) is 0. The molecule has 4 aliphatic carbocycles. The van der Waals surface area contributed by atoms with Gasteiger partial charge in [-0.3, -0.25) is 0 Å². The summed E-state index contributed by atoms with van der Waals surface area (Å²) >= 11 is 0. The maximum atomic E-state index is 15.2. The number of hydrogen-bond acceptors (Lipinski definition) is 1. The van der Waals surface area contributed by atoms with E-state index in [9.17, 15) is 4.39 Å². The molecular weight excluding hydrogens is 397 g/mol. The van der Waals surface area contributed by atoms with Gasteiger partial charge in [0, 0.05) is 13.0 Å². The molecule has 0 aromatic rings. The Morgan fingerprint density at radius 3 is 1.87 bits per heavy atom. The topological polar surface area (TPSA) is 9.23 Å². The molecule has 31 heavy (non-hydrogen) atoms. The Labute approximate surface area is 188 Å². The summed E-state index contributed by atoms with van der Waals surface area (Å²) in [5.41, 5.74) is 0. The van der Waals surface area contributed by atoms with Gasteiger partial charge >= 0.3 is 0 Å². The molecule has 6 unspecified atom stereocenters. The fourth-order valence-corrected chi connectivity index (χ4v) is 7.54. The van der Waals surface area contributed by atoms with Gasteiger partial charge in [-0.15, -0.1) is 0 Å². The van der Waals surface area contributed by atoms with E-state index < -0.39 is 18.5 Å². The van der Waals surface area contributed by atoms with Gasteiger partial charge in [0.2, 0.25) is 0 Å². The Balaban J connectivity index is 1.18. The molecule has 0 aromatic heterocycles. The van der Waals surface area contributed by atoms with E-state index in [1.165, 1.54) is 19.3 Å². The predicted molar refractivity (Wildman–Crippen MR) is 120 cm³/mol. The largest absolute Gasteiger partial charge is 0.378 e. The third-order valence-corrected chi connectivity index (χ3v) is 9.66. The number of halogens is 3. The summed E-state index contributed by atoms with van der Waals surface area (Å²) < 4.78 is 50.6. The maximum Gasteiger partial charge on any atom is 0.134 e. The normalized spacial score (nSPS) is 45.5. The fourth-order valence-electron chi connectivity index (χ4n) is 7.54. The van der Waals surface area contributed by atoms with Crippen molar-refractivity contribution in [3.05, 3.63) is 0 Å². The van der Waals surface area contributed by atoms with Gasteiger partial charge in [-0.2, -0.15) is 0 Å². The number of alkyl halides is 3. The highest BCUT2D eigenvalue weighted by Gasteiger charge is 2.46. The Morgan fingerprint density at radius 2 is 1.29 bits per heavy atom. The molecule has 0 radical (unpaired) electrons. The zero-order valence-electron chi connectivity index (χ0n) is 19.6. The molecule has 4 heteroatoms. The number of hydrogen-bond donors (Lipinski definition) is 0. The molecule has 180 valence electrons. The molecule has 0 saturated heterocycles. The molecule has 4 aliphatic rings. The minimum absolute atomic E-state index is 0.0292. The van der Waals surface area contributed by atoms with E-state index in [0.717, 1.165) is 77.2 Å². The number of rotatable bonds is 6. The lowest BCUT2D eigenvalue weighted by atomic mass is 9.64. The van der Waals surface area contributed by atoms with Crippen molar-refractivity contribution < 1.29 is 17.9 Å². The molecule has 4 fully saturated rings. The molecule has 7 atom stereocenters. The summed E-state index contributed by atoms with van der Waals surface area (Å²) in [6, 6.07) is 0. The lowest BCUT2D eigenvalue weighted by Gasteiger charge is -2.44. The predicted octanol–water partition coefficient (Wildman–Crippen LogP) is 8.01. The van der Waals surface area contributed by atoms with Crippen LogP contribution in [0, 0.1) is 35.5 Å². The summed E-state index contributed by atoms with van der Waals surface area (Å²) in [6.45, 7) is 2.80. The van der Waals surface area contributed by atoms with Gasteiger partial charge in [-0.05, 0) is 86.9 Å². The molecule has 4 rings (SSSR count). The zero-order chi connectivity index (χ0) is 21.8. The first-order chi connectivity index (χ1) is 15.1. The zero-order valence-corrected chi connectivity index (χ0v) is 19.6. The van der Waals surface area contributed by atoms with E-state index in [1.807, 2.05) is 0 Å². The van der Waals surface area contributed by atoms with Crippen molar-refractivity contribution in [2.75, 3.05) is 6.61 Å². The lowest BCUT2D eigenvalue weighted by Crippen LogP contribution is -2.45. The van der Waals surface area contributed by atoms with Crippen molar-refractivity contribution in [1.29, 1.82) is 0 Å². The first-order valence-electron chi connectivity index (χ1n) is 13.6. The molecule has 0 bridgehead atoms. The molecule has 0 N–H and O–H groups in total. The first kappa shape index (κ1) is 23.9. The highest BCUT2D eigenvalue weighted by atomic mass is 19.2. The van der Waals surface area contributed by atoms with E-state index >= 15 is 8.78 Å². The van der Waals surface area contributed by atoms with E-state index in [2.05, 4.69) is 6.92 Å². The van der Waals surface area contributed by atoms with Gasteiger partial charge in [-0.1, -0.05) is 45.4 Å². The SMILES string of the molecule is CCC1CCC(OCC2CCC(C3CCC(C4CCCCC4)C(F)[C@H]3F)CC2)CC1F. The third-order valence-electron chi connectivity index (χ3n) is 9.66. The second-order valence-corrected chi connectivity index (χ2v) is 11.4. The van der Waals surface area contributed by atoms with Crippen LogP contribution in [-0.2, 0) is 4.74 Å². The number of ether oxygens (including phenoxy) is 1. The van der Waals surface area contributed by atoms with Gasteiger partial charge in [-0.25, -0.2) is 13.2 Å². The molecular formula is C27H45F3O. The summed E-state index contributed by atoms with van der Waals surface area (Å²) in [6.07, 6.45) is 12.1. The van der Waals surface area contributed by atoms with Crippen LogP contribution in [0.1, 0.15) is 103 Å². The summed E-state index contributed by atoms with van der Waals surface area (Å²) in [5.74, 6) is 1.39. The van der Waals surface area contributed by atoms with Crippen LogP contribution >= 0.6 is 0 Å². The van der Waals surface area contributed by atoms with Crippen molar-refractivity contribution in [2.45, 2.75) is 128 Å². The van der Waals surface area contributed by atoms with Crippen LogP contribution in [0.15, 0.2) is 0 Å². The molecule has 0 aromatic carbocycles. The van der Waals surface area contributed by atoms with Crippen molar-refractivity contribution in [3.63, 3.8) is 0 Å². The monoisotopic (exact) mass is 442 g/mol. The van der Waals surface area contributed by atoms with E-state index in [4.69, 9.17) is 4.74 Å². The van der Waals surface area contributed by atoms with Crippen LogP contribution in [0.4, 0.5) is 13.2 Å². The minimum atomic E-state index is -1.26. The van der Waals surface area contributed by atoms with E-state index in [-0.39, 0.29) is 23.9 Å².